The zero-order chi connectivity index (χ0) is 19.2. The minimum absolute atomic E-state index is 0.308. The Morgan fingerprint density at radius 3 is 3.07 bits per heavy atom. The van der Waals surface area contributed by atoms with E-state index in [4.69, 9.17) is 20.5 Å². The monoisotopic (exact) mass is 386 g/mol. The van der Waals surface area contributed by atoms with E-state index in [0.29, 0.717) is 42.6 Å². The van der Waals surface area contributed by atoms with Crippen molar-refractivity contribution in [2.45, 2.75) is 36.6 Å². The first-order valence-corrected chi connectivity index (χ1v) is 10.0. The summed E-state index contributed by atoms with van der Waals surface area (Å²) >= 11 is 1.45. The van der Waals surface area contributed by atoms with Crippen LogP contribution in [0, 0.1) is 11.5 Å². The summed E-state index contributed by atoms with van der Waals surface area (Å²) in [6, 6.07) is 3.91. The number of nitrogens with zero attached hydrogens (tertiary/aromatic N) is 3. The number of methoxy groups -OCH3 is 1. The number of rotatable bonds is 1. The number of amidine groups is 1. The number of nitriles is 1. The molecule has 1 aliphatic carbocycles. The lowest BCUT2D eigenvalue weighted by Crippen LogP contribution is -2.61. The molecule has 142 valence electrons. The van der Waals surface area contributed by atoms with Crippen LogP contribution in [-0.2, 0) is 12.0 Å². The molecule has 27 heavy (non-hydrogen) atoms. The molecule has 0 unspecified atom stereocenters. The topological polar surface area (TPSA) is 104 Å². The first kappa shape index (κ1) is 18.2. The molecule has 0 saturated heterocycles. The molecule has 1 aromatic carbocycles. The smallest absolute Gasteiger partial charge is 0.208 e. The highest BCUT2D eigenvalue weighted by molar-refractivity contribution is 8.13. The first-order chi connectivity index (χ1) is 13.0. The van der Waals surface area contributed by atoms with Crippen molar-refractivity contribution in [3.63, 3.8) is 0 Å². The molecule has 0 aromatic heterocycles. The van der Waals surface area contributed by atoms with Crippen LogP contribution in [-0.4, -0.2) is 46.9 Å². The molecular formula is C19H22N4O3S. The van der Waals surface area contributed by atoms with E-state index in [1.807, 2.05) is 30.7 Å². The first-order valence-electron chi connectivity index (χ1n) is 8.79. The molecule has 0 radical (unpaired) electrons. The van der Waals surface area contributed by atoms with Gasteiger partial charge in [0.25, 0.3) is 0 Å². The number of benzene rings is 1. The highest BCUT2D eigenvalue weighted by Crippen LogP contribution is 2.58. The molecule has 7 nitrogen and oxygen atoms in total. The Morgan fingerprint density at radius 1 is 1.56 bits per heavy atom. The SMILES string of the molecule is COc1ccc2c3c1O[C@]1(N)C[C@@H](O)C=C[C@]31CCN(C(=NC#N)SC)C2. The van der Waals surface area contributed by atoms with Crippen molar-refractivity contribution in [1.82, 2.24) is 4.90 Å². The third-order valence-corrected chi connectivity index (χ3v) is 6.48. The Morgan fingerprint density at radius 2 is 2.37 bits per heavy atom. The summed E-state index contributed by atoms with van der Waals surface area (Å²) in [5.41, 5.74) is 7.24. The second kappa shape index (κ2) is 6.44. The van der Waals surface area contributed by atoms with Crippen LogP contribution in [0.25, 0.3) is 0 Å². The van der Waals surface area contributed by atoms with Crippen LogP contribution >= 0.6 is 11.8 Å². The number of aliphatic hydroxyl groups excluding tert-OH is 1. The van der Waals surface area contributed by atoms with Crippen molar-refractivity contribution in [2.24, 2.45) is 10.7 Å². The van der Waals surface area contributed by atoms with Gasteiger partial charge in [0.05, 0.1) is 18.6 Å². The Hall–Kier alpha value is -2.21. The fourth-order valence-electron chi connectivity index (χ4n) is 4.54. The van der Waals surface area contributed by atoms with Crippen molar-refractivity contribution >= 4 is 16.9 Å². The minimum atomic E-state index is -1.05. The Kier molecular flexibility index (Phi) is 4.34. The van der Waals surface area contributed by atoms with Gasteiger partial charge >= 0.3 is 0 Å². The summed E-state index contributed by atoms with van der Waals surface area (Å²) in [5.74, 6) is 1.29. The van der Waals surface area contributed by atoms with Crippen LogP contribution in [0.4, 0.5) is 0 Å². The van der Waals surface area contributed by atoms with Crippen molar-refractivity contribution in [1.29, 1.82) is 5.26 Å². The van der Waals surface area contributed by atoms with Gasteiger partial charge in [0.1, 0.15) is 0 Å². The molecule has 2 aliphatic heterocycles. The molecule has 0 saturated carbocycles. The number of nitrogens with two attached hydrogens (primary N) is 1. The maximum Gasteiger partial charge on any atom is 0.208 e. The van der Waals surface area contributed by atoms with Crippen LogP contribution in [0.2, 0.25) is 0 Å². The molecule has 0 amide bonds. The van der Waals surface area contributed by atoms with Crippen molar-refractivity contribution in [2.75, 3.05) is 19.9 Å². The zero-order valence-electron chi connectivity index (χ0n) is 15.3. The van der Waals surface area contributed by atoms with Crippen LogP contribution in [0.15, 0.2) is 29.3 Å². The Bertz CT molecular complexity index is 880. The van der Waals surface area contributed by atoms with Gasteiger partial charge in [-0.25, -0.2) is 0 Å². The van der Waals surface area contributed by atoms with Gasteiger partial charge in [-0.05, 0) is 24.3 Å². The van der Waals surface area contributed by atoms with Gasteiger partial charge in [0.2, 0.25) is 6.19 Å². The van der Waals surface area contributed by atoms with Crippen LogP contribution in [0.5, 0.6) is 11.5 Å². The van der Waals surface area contributed by atoms with E-state index in [-0.39, 0.29) is 0 Å². The summed E-state index contributed by atoms with van der Waals surface area (Å²) in [6.07, 6.45) is 7.96. The third-order valence-electron chi connectivity index (χ3n) is 5.76. The maximum atomic E-state index is 10.2. The van der Waals surface area contributed by atoms with E-state index in [1.165, 1.54) is 11.8 Å². The van der Waals surface area contributed by atoms with E-state index >= 15 is 0 Å². The van der Waals surface area contributed by atoms with Gasteiger partial charge in [-0.15, -0.1) is 4.99 Å². The second-order valence-electron chi connectivity index (χ2n) is 7.09. The van der Waals surface area contributed by atoms with Gasteiger partial charge in [0.15, 0.2) is 22.4 Å². The predicted molar refractivity (Wildman–Crippen MR) is 104 cm³/mol. The third kappa shape index (κ3) is 2.53. The van der Waals surface area contributed by atoms with Gasteiger partial charge in [-0.3, -0.25) is 5.73 Å². The van der Waals surface area contributed by atoms with Gasteiger partial charge in [0, 0.05) is 25.1 Å². The minimum Gasteiger partial charge on any atom is -0.493 e. The summed E-state index contributed by atoms with van der Waals surface area (Å²) in [6.45, 7) is 1.27. The molecule has 3 atom stereocenters. The lowest BCUT2D eigenvalue weighted by Gasteiger charge is -2.43. The molecule has 4 rings (SSSR count). The fourth-order valence-corrected chi connectivity index (χ4v) is 5.09. The highest BCUT2D eigenvalue weighted by atomic mass is 32.2. The largest absolute Gasteiger partial charge is 0.493 e. The number of hydrogen-bond acceptors (Lipinski definition) is 7. The Labute approximate surface area is 162 Å². The van der Waals surface area contributed by atoms with Gasteiger partial charge in [-0.1, -0.05) is 30.0 Å². The normalized spacial score (nSPS) is 31.4. The predicted octanol–water partition coefficient (Wildman–Crippen LogP) is 1.71. The van der Waals surface area contributed by atoms with Crippen LogP contribution in [0.3, 0.4) is 0 Å². The lowest BCUT2D eigenvalue weighted by atomic mass is 9.65. The number of ether oxygens (including phenoxy) is 2. The maximum absolute atomic E-state index is 10.2. The summed E-state index contributed by atoms with van der Waals surface area (Å²) in [5, 5.41) is 19.9. The molecule has 2 heterocycles. The van der Waals surface area contributed by atoms with Crippen LogP contribution < -0.4 is 15.2 Å². The van der Waals surface area contributed by atoms with Crippen LogP contribution in [0.1, 0.15) is 24.0 Å². The quantitative estimate of drug-likeness (QED) is 0.328. The Balaban J connectivity index is 1.91. The number of thioether (sulfide) groups is 1. The van der Waals surface area contributed by atoms with Gasteiger partial charge in [-0.2, -0.15) is 5.26 Å². The van der Waals surface area contributed by atoms with E-state index in [1.54, 1.807) is 13.2 Å². The zero-order valence-corrected chi connectivity index (χ0v) is 16.1. The molecule has 8 heteroatoms. The average molecular weight is 386 g/mol. The summed E-state index contributed by atoms with van der Waals surface area (Å²) in [7, 11) is 1.61. The van der Waals surface area contributed by atoms with Crippen molar-refractivity contribution < 1.29 is 14.6 Å². The number of aliphatic imine (C=N–C) groups is 1. The van der Waals surface area contributed by atoms with E-state index in [9.17, 15) is 5.11 Å². The van der Waals surface area contributed by atoms with E-state index < -0.39 is 17.2 Å². The number of hydrogen-bond donors (Lipinski definition) is 2. The molecular weight excluding hydrogens is 364 g/mol. The van der Waals surface area contributed by atoms with Crippen molar-refractivity contribution in [3.05, 3.63) is 35.4 Å². The molecule has 3 aliphatic rings. The molecule has 0 bridgehead atoms. The summed E-state index contributed by atoms with van der Waals surface area (Å²) in [4.78, 5) is 6.08. The molecule has 1 aromatic rings. The van der Waals surface area contributed by atoms with E-state index in [0.717, 1.165) is 11.1 Å². The highest BCUT2D eigenvalue weighted by Gasteiger charge is 2.61. The average Bonchev–Trinajstić information content (AvgIpc) is 2.80. The standard InChI is InChI=1S/C19H22N4O3S/c1-25-14-4-3-12-10-23(17(27-2)22-11-20)8-7-18-6-5-13(24)9-19(18,21)26-16(14)15(12)18/h3-6,13,24H,7-10,21H2,1-2H3/t13-,18-,19+/m0/s1. The second-order valence-corrected chi connectivity index (χ2v) is 7.87. The molecule has 3 N–H and O–H groups in total. The molecule has 0 fully saturated rings. The number of aliphatic hydroxyl groups is 1. The summed E-state index contributed by atoms with van der Waals surface area (Å²) < 4.78 is 11.8. The van der Waals surface area contributed by atoms with Gasteiger partial charge < -0.3 is 19.5 Å². The molecule has 1 spiro atoms. The van der Waals surface area contributed by atoms with E-state index in [2.05, 4.69) is 9.89 Å². The van der Waals surface area contributed by atoms with Crippen molar-refractivity contribution in [3.8, 4) is 17.7 Å². The fraction of sp³-hybridized carbons (Fsp3) is 0.474. The lowest BCUT2D eigenvalue weighted by molar-refractivity contribution is -0.0109.